The molecule has 1 fully saturated rings. The molecular formula is C18H29NO. The van der Waals surface area contributed by atoms with Crippen LogP contribution in [0.15, 0.2) is 24.3 Å². The van der Waals surface area contributed by atoms with E-state index in [9.17, 15) is 0 Å². The highest BCUT2D eigenvalue weighted by Gasteiger charge is 2.63. The summed E-state index contributed by atoms with van der Waals surface area (Å²) in [4.78, 5) is 0. The fraction of sp³-hybridized carbons (Fsp3) is 0.667. The molecule has 0 amide bonds. The molecule has 112 valence electrons. The van der Waals surface area contributed by atoms with Gasteiger partial charge in [-0.2, -0.15) is 0 Å². The van der Waals surface area contributed by atoms with Gasteiger partial charge >= 0.3 is 0 Å². The first-order valence-electron chi connectivity index (χ1n) is 7.72. The van der Waals surface area contributed by atoms with Crippen molar-refractivity contribution in [3.05, 3.63) is 29.8 Å². The van der Waals surface area contributed by atoms with Crippen LogP contribution in [0, 0.1) is 16.7 Å². The van der Waals surface area contributed by atoms with Gasteiger partial charge in [0.2, 0.25) is 0 Å². The third kappa shape index (κ3) is 2.46. The van der Waals surface area contributed by atoms with Crippen molar-refractivity contribution in [2.75, 3.05) is 13.7 Å². The summed E-state index contributed by atoms with van der Waals surface area (Å²) in [6.45, 7) is 12.8. The van der Waals surface area contributed by atoms with Gasteiger partial charge in [0, 0.05) is 11.6 Å². The lowest BCUT2D eigenvalue weighted by molar-refractivity contribution is 0.392. The van der Waals surface area contributed by atoms with Crippen LogP contribution in [-0.4, -0.2) is 13.7 Å². The van der Waals surface area contributed by atoms with Gasteiger partial charge < -0.3 is 10.1 Å². The standard InChI is InChI=1S/C18H29NO/c1-7-14(13-10-8-9-11-15(13)20-6)19-12-16-17(2,3)18(16,4)5/h8-11,14,16,19H,7,12H2,1-6H3. The Morgan fingerprint density at radius 3 is 2.25 bits per heavy atom. The minimum atomic E-state index is 0.373. The average molecular weight is 275 g/mol. The van der Waals surface area contributed by atoms with Gasteiger partial charge in [0.25, 0.3) is 0 Å². The van der Waals surface area contributed by atoms with E-state index < -0.39 is 0 Å². The lowest BCUT2D eigenvalue weighted by Crippen LogP contribution is -2.25. The molecule has 2 heteroatoms. The molecule has 2 nitrogen and oxygen atoms in total. The summed E-state index contributed by atoms with van der Waals surface area (Å²) in [7, 11) is 1.75. The monoisotopic (exact) mass is 275 g/mol. The maximum atomic E-state index is 5.49. The fourth-order valence-corrected chi connectivity index (χ4v) is 3.53. The molecule has 2 rings (SSSR count). The highest BCUT2D eigenvalue weighted by atomic mass is 16.5. The molecule has 0 aliphatic heterocycles. The Balaban J connectivity index is 2.04. The van der Waals surface area contributed by atoms with Crippen LogP contribution in [0.2, 0.25) is 0 Å². The van der Waals surface area contributed by atoms with Crippen LogP contribution in [0.4, 0.5) is 0 Å². The van der Waals surface area contributed by atoms with Crippen LogP contribution in [0.25, 0.3) is 0 Å². The predicted octanol–water partition coefficient (Wildman–Crippen LogP) is 4.42. The van der Waals surface area contributed by atoms with E-state index in [4.69, 9.17) is 4.74 Å². The van der Waals surface area contributed by atoms with Crippen molar-refractivity contribution in [1.82, 2.24) is 5.32 Å². The van der Waals surface area contributed by atoms with Gasteiger partial charge in [-0.05, 0) is 35.8 Å². The Morgan fingerprint density at radius 1 is 1.15 bits per heavy atom. The van der Waals surface area contributed by atoms with Crippen molar-refractivity contribution in [3.8, 4) is 5.75 Å². The first kappa shape index (κ1) is 15.4. The number of hydrogen-bond acceptors (Lipinski definition) is 2. The zero-order valence-electron chi connectivity index (χ0n) is 13.8. The van der Waals surface area contributed by atoms with Crippen LogP contribution in [0.3, 0.4) is 0 Å². The van der Waals surface area contributed by atoms with Gasteiger partial charge in [0.05, 0.1) is 7.11 Å². The lowest BCUT2D eigenvalue weighted by atomic mass is 10.0. The third-order valence-electron chi connectivity index (χ3n) is 5.81. The average Bonchev–Trinajstić information content (AvgIpc) is 2.81. The summed E-state index contributed by atoms with van der Waals surface area (Å²) in [5.41, 5.74) is 2.16. The summed E-state index contributed by atoms with van der Waals surface area (Å²) < 4.78 is 5.49. The van der Waals surface area contributed by atoms with E-state index in [1.807, 2.05) is 12.1 Å². The lowest BCUT2D eigenvalue weighted by Gasteiger charge is -2.20. The maximum absolute atomic E-state index is 5.49. The molecule has 0 spiro atoms. The van der Waals surface area contributed by atoms with E-state index in [0.717, 1.165) is 24.6 Å². The van der Waals surface area contributed by atoms with E-state index >= 15 is 0 Å². The second-order valence-corrected chi connectivity index (χ2v) is 7.11. The molecule has 1 aromatic carbocycles. The Morgan fingerprint density at radius 2 is 1.75 bits per heavy atom. The van der Waals surface area contributed by atoms with Gasteiger partial charge in [-0.15, -0.1) is 0 Å². The van der Waals surface area contributed by atoms with Crippen molar-refractivity contribution in [1.29, 1.82) is 0 Å². The largest absolute Gasteiger partial charge is 0.496 e. The van der Waals surface area contributed by atoms with Crippen molar-refractivity contribution in [3.63, 3.8) is 0 Å². The molecule has 20 heavy (non-hydrogen) atoms. The minimum absolute atomic E-state index is 0.373. The Bertz CT molecular complexity index is 450. The number of hydrogen-bond donors (Lipinski definition) is 1. The van der Waals surface area contributed by atoms with Crippen molar-refractivity contribution >= 4 is 0 Å². The molecule has 1 unspecified atom stereocenters. The predicted molar refractivity (Wildman–Crippen MR) is 85.1 cm³/mol. The molecule has 1 aliphatic carbocycles. The molecule has 1 aromatic rings. The normalized spacial score (nSPS) is 21.5. The zero-order valence-corrected chi connectivity index (χ0v) is 13.8. The number of para-hydroxylation sites is 1. The molecule has 1 atom stereocenters. The first-order valence-corrected chi connectivity index (χ1v) is 7.72. The van der Waals surface area contributed by atoms with E-state index in [1.165, 1.54) is 5.56 Å². The molecule has 1 aliphatic rings. The second kappa shape index (κ2) is 5.40. The highest BCUT2D eigenvalue weighted by molar-refractivity contribution is 5.35. The zero-order chi connectivity index (χ0) is 15.0. The maximum Gasteiger partial charge on any atom is 0.123 e. The van der Waals surface area contributed by atoms with E-state index in [-0.39, 0.29) is 0 Å². The van der Waals surface area contributed by atoms with Crippen LogP contribution in [0.5, 0.6) is 5.75 Å². The Kier molecular flexibility index (Phi) is 4.15. The van der Waals surface area contributed by atoms with Gasteiger partial charge in [0.1, 0.15) is 5.75 Å². The van der Waals surface area contributed by atoms with Crippen molar-refractivity contribution < 1.29 is 4.74 Å². The second-order valence-electron chi connectivity index (χ2n) is 7.11. The van der Waals surface area contributed by atoms with Gasteiger partial charge in [-0.25, -0.2) is 0 Å². The fourth-order valence-electron chi connectivity index (χ4n) is 3.53. The van der Waals surface area contributed by atoms with E-state index in [0.29, 0.717) is 16.9 Å². The molecule has 0 radical (unpaired) electrons. The van der Waals surface area contributed by atoms with Crippen LogP contribution in [0.1, 0.15) is 52.6 Å². The first-order chi connectivity index (χ1) is 9.36. The molecule has 1 N–H and O–H groups in total. The molecular weight excluding hydrogens is 246 g/mol. The molecule has 1 saturated carbocycles. The number of methoxy groups -OCH3 is 1. The van der Waals surface area contributed by atoms with Crippen LogP contribution < -0.4 is 10.1 Å². The van der Waals surface area contributed by atoms with Gasteiger partial charge in [-0.3, -0.25) is 0 Å². The third-order valence-corrected chi connectivity index (χ3v) is 5.81. The SMILES string of the molecule is CCC(NCC1C(C)(C)C1(C)C)c1ccccc1OC. The van der Waals surface area contributed by atoms with E-state index in [1.54, 1.807) is 7.11 Å². The van der Waals surface area contributed by atoms with E-state index in [2.05, 4.69) is 52.1 Å². The van der Waals surface area contributed by atoms with Crippen LogP contribution in [-0.2, 0) is 0 Å². The topological polar surface area (TPSA) is 21.3 Å². The molecule has 0 bridgehead atoms. The smallest absolute Gasteiger partial charge is 0.123 e. The quantitative estimate of drug-likeness (QED) is 0.830. The van der Waals surface area contributed by atoms with Crippen molar-refractivity contribution in [2.45, 2.75) is 47.1 Å². The van der Waals surface area contributed by atoms with Crippen molar-refractivity contribution in [2.24, 2.45) is 16.7 Å². The Labute approximate surface area is 123 Å². The van der Waals surface area contributed by atoms with Gasteiger partial charge in [0.15, 0.2) is 0 Å². The number of rotatable bonds is 6. The van der Waals surface area contributed by atoms with Crippen LogP contribution >= 0.6 is 0 Å². The molecule has 0 aromatic heterocycles. The number of nitrogens with one attached hydrogen (secondary N) is 1. The summed E-state index contributed by atoms with van der Waals surface area (Å²) in [6, 6.07) is 8.71. The number of ether oxygens (including phenoxy) is 1. The Hall–Kier alpha value is -1.02. The summed E-state index contributed by atoms with van der Waals surface area (Å²) in [5.74, 6) is 1.74. The van der Waals surface area contributed by atoms with Gasteiger partial charge in [-0.1, -0.05) is 52.8 Å². The summed E-state index contributed by atoms with van der Waals surface area (Å²) in [6.07, 6.45) is 1.08. The summed E-state index contributed by atoms with van der Waals surface area (Å²) in [5, 5.41) is 3.75. The number of benzene rings is 1. The molecule has 0 heterocycles. The molecule has 0 saturated heterocycles. The highest BCUT2D eigenvalue weighted by Crippen LogP contribution is 2.68. The summed E-state index contributed by atoms with van der Waals surface area (Å²) >= 11 is 0. The minimum Gasteiger partial charge on any atom is -0.496 e.